The van der Waals surface area contributed by atoms with Crippen LogP contribution in [-0.2, 0) is 19.1 Å². The van der Waals surface area contributed by atoms with E-state index in [0.29, 0.717) is 5.92 Å². The van der Waals surface area contributed by atoms with E-state index in [0.717, 1.165) is 25.7 Å². The molecule has 0 aromatic heterocycles. The van der Waals surface area contributed by atoms with Gasteiger partial charge >= 0.3 is 5.97 Å². The minimum absolute atomic E-state index is 0.121. The molecule has 0 unspecified atom stereocenters. The van der Waals surface area contributed by atoms with Crippen molar-refractivity contribution in [2.75, 3.05) is 0 Å². The Morgan fingerprint density at radius 1 is 1.17 bits per heavy atom. The van der Waals surface area contributed by atoms with E-state index in [2.05, 4.69) is 39.7 Å². The molecule has 0 N–H and O–H groups in total. The summed E-state index contributed by atoms with van der Waals surface area (Å²) in [6.45, 7) is 17.3. The highest BCUT2D eigenvalue weighted by Gasteiger charge is 2.78. The Morgan fingerprint density at radius 3 is 2.45 bits per heavy atom. The Balaban J connectivity index is 1.75. The van der Waals surface area contributed by atoms with Crippen molar-refractivity contribution >= 4 is 5.97 Å². The third-order valence-corrected chi connectivity index (χ3v) is 8.65. The number of nitrogens with zero attached hydrogens (tertiary/aromatic N) is 1. The summed E-state index contributed by atoms with van der Waals surface area (Å²) >= 11 is 0. The molecule has 2 aliphatic carbocycles. The summed E-state index contributed by atoms with van der Waals surface area (Å²) in [5.74, 6) is -0.0159. The predicted molar refractivity (Wildman–Crippen MR) is 112 cm³/mol. The standard InChI is InChI=1S/C24H41NO4/c1-9-11-16-17(20(26)28-21(3,4)5)24(13-10-2)25(29-16)18-15-12-14-23(8,19(18)27-24)22(15,6)7/h15-19H,9-14H2,1-8H3/t15-,16+,17-,18-,19-,23+,24+/m1/s1. The summed E-state index contributed by atoms with van der Waals surface area (Å²) < 4.78 is 12.9. The van der Waals surface area contributed by atoms with Crippen LogP contribution in [0.1, 0.15) is 93.9 Å². The summed E-state index contributed by atoms with van der Waals surface area (Å²) in [5, 5.41) is 2.17. The van der Waals surface area contributed by atoms with Gasteiger partial charge in [0.05, 0.1) is 18.2 Å². The SMILES string of the molecule is CCC[C@@H]1ON2[C@@H]3[C@H]4CC[C@@](C)([C@@H]3O[C@@]2(CCC)[C@H]1C(=O)OC(C)(C)C)C4(C)C. The Morgan fingerprint density at radius 2 is 1.86 bits per heavy atom. The van der Waals surface area contributed by atoms with Crippen molar-refractivity contribution in [3.63, 3.8) is 0 Å². The lowest BCUT2D eigenvalue weighted by atomic mass is 9.70. The number of hydroxylamine groups is 2. The number of esters is 1. The number of hydrogen-bond acceptors (Lipinski definition) is 5. The predicted octanol–water partition coefficient (Wildman–Crippen LogP) is 5.08. The van der Waals surface area contributed by atoms with Crippen LogP contribution in [0.2, 0.25) is 0 Å². The van der Waals surface area contributed by atoms with E-state index in [4.69, 9.17) is 14.3 Å². The molecule has 0 aromatic carbocycles. The molecule has 0 amide bonds. The molecule has 0 spiro atoms. The van der Waals surface area contributed by atoms with Gasteiger partial charge < -0.3 is 9.47 Å². The molecule has 0 aromatic rings. The number of ether oxygens (including phenoxy) is 2. The first-order chi connectivity index (χ1) is 13.4. The zero-order valence-electron chi connectivity index (χ0n) is 19.7. The van der Waals surface area contributed by atoms with Gasteiger partial charge in [-0.2, -0.15) is 5.06 Å². The van der Waals surface area contributed by atoms with Gasteiger partial charge in [-0.3, -0.25) is 9.63 Å². The van der Waals surface area contributed by atoms with Gasteiger partial charge in [0.2, 0.25) is 0 Å². The van der Waals surface area contributed by atoms with Crippen LogP contribution in [0.15, 0.2) is 0 Å². The molecule has 4 fully saturated rings. The number of rotatable bonds is 5. The van der Waals surface area contributed by atoms with Crippen LogP contribution >= 0.6 is 0 Å². The lowest BCUT2D eigenvalue weighted by Crippen LogP contribution is -2.52. The number of fused-ring (bicyclic) bond motifs is 7. The second-order valence-corrected chi connectivity index (χ2v) is 11.7. The lowest BCUT2D eigenvalue weighted by Gasteiger charge is -2.42. The third-order valence-electron chi connectivity index (χ3n) is 8.65. The van der Waals surface area contributed by atoms with Crippen molar-refractivity contribution in [3.05, 3.63) is 0 Å². The zero-order chi connectivity index (χ0) is 21.4. The monoisotopic (exact) mass is 407 g/mol. The van der Waals surface area contributed by atoms with E-state index in [1.54, 1.807) is 0 Å². The maximum atomic E-state index is 13.5. The van der Waals surface area contributed by atoms with E-state index in [1.807, 2.05) is 20.8 Å². The van der Waals surface area contributed by atoms with Crippen LogP contribution in [0.25, 0.3) is 0 Å². The van der Waals surface area contributed by atoms with Crippen LogP contribution in [-0.4, -0.2) is 40.6 Å². The Kier molecular flexibility index (Phi) is 4.96. The van der Waals surface area contributed by atoms with Gasteiger partial charge in [0, 0.05) is 5.41 Å². The lowest BCUT2D eigenvalue weighted by molar-refractivity contribution is -0.244. The highest BCUT2D eigenvalue weighted by Crippen LogP contribution is 2.72. The fourth-order valence-corrected chi connectivity index (χ4v) is 7.02. The Bertz CT molecular complexity index is 670. The summed E-state index contributed by atoms with van der Waals surface area (Å²) in [4.78, 5) is 20.1. The average Bonchev–Trinajstić information content (AvgIpc) is 3.17. The van der Waals surface area contributed by atoms with Gasteiger partial charge in [-0.05, 0) is 57.8 Å². The van der Waals surface area contributed by atoms with Crippen molar-refractivity contribution in [2.24, 2.45) is 22.7 Å². The second-order valence-electron chi connectivity index (χ2n) is 11.7. The molecule has 4 rings (SSSR count). The number of carbonyl (C=O) groups excluding carboxylic acids is 1. The van der Waals surface area contributed by atoms with Crippen LogP contribution in [0.4, 0.5) is 0 Å². The molecule has 7 atom stereocenters. The molecule has 2 saturated carbocycles. The van der Waals surface area contributed by atoms with Crippen molar-refractivity contribution < 1.29 is 19.1 Å². The van der Waals surface area contributed by atoms with Crippen LogP contribution < -0.4 is 0 Å². The minimum Gasteiger partial charge on any atom is -0.460 e. The van der Waals surface area contributed by atoms with Crippen molar-refractivity contribution in [3.8, 4) is 0 Å². The maximum Gasteiger partial charge on any atom is 0.316 e. The highest BCUT2D eigenvalue weighted by molar-refractivity contribution is 5.75. The highest BCUT2D eigenvalue weighted by atomic mass is 16.8. The van der Waals surface area contributed by atoms with Gasteiger partial charge in [0.25, 0.3) is 0 Å². The summed E-state index contributed by atoms with van der Waals surface area (Å²) in [7, 11) is 0. The van der Waals surface area contributed by atoms with Gasteiger partial charge in [0.15, 0.2) is 5.72 Å². The van der Waals surface area contributed by atoms with Gasteiger partial charge in [-0.1, -0.05) is 47.5 Å². The molecule has 5 heteroatoms. The average molecular weight is 408 g/mol. The molecular weight excluding hydrogens is 366 g/mol. The molecule has 2 aliphatic heterocycles. The smallest absolute Gasteiger partial charge is 0.316 e. The Hall–Kier alpha value is -0.650. The van der Waals surface area contributed by atoms with Crippen molar-refractivity contribution in [1.29, 1.82) is 0 Å². The first-order valence-corrected chi connectivity index (χ1v) is 11.8. The van der Waals surface area contributed by atoms with Crippen LogP contribution in [0.3, 0.4) is 0 Å². The number of hydrogen-bond donors (Lipinski definition) is 0. The van der Waals surface area contributed by atoms with Crippen LogP contribution in [0, 0.1) is 22.7 Å². The van der Waals surface area contributed by atoms with E-state index in [-0.39, 0.29) is 35.0 Å². The molecular formula is C24H41NO4. The first-order valence-electron chi connectivity index (χ1n) is 11.8. The fraction of sp³-hybridized carbons (Fsp3) is 0.958. The molecule has 29 heavy (non-hydrogen) atoms. The molecule has 0 radical (unpaired) electrons. The quantitative estimate of drug-likeness (QED) is 0.595. The van der Waals surface area contributed by atoms with Gasteiger partial charge in [-0.25, -0.2) is 0 Å². The molecule has 166 valence electrons. The molecule has 2 bridgehead atoms. The van der Waals surface area contributed by atoms with Gasteiger partial charge in [0.1, 0.15) is 11.5 Å². The van der Waals surface area contributed by atoms with Crippen molar-refractivity contribution in [1.82, 2.24) is 5.06 Å². The van der Waals surface area contributed by atoms with E-state index in [9.17, 15) is 4.79 Å². The van der Waals surface area contributed by atoms with Crippen molar-refractivity contribution in [2.45, 2.75) is 123 Å². The zero-order valence-corrected chi connectivity index (χ0v) is 19.7. The normalized spacial score (nSPS) is 45.4. The fourth-order valence-electron chi connectivity index (χ4n) is 7.02. The molecule has 2 heterocycles. The minimum atomic E-state index is -0.688. The molecule has 5 nitrogen and oxygen atoms in total. The maximum absolute atomic E-state index is 13.5. The van der Waals surface area contributed by atoms with Crippen LogP contribution in [0.5, 0.6) is 0 Å². The van der Waals surface area contributed by atoms with E-state index < -0.39 is 17.2 Å². The number of carbonyl (C=O) groups is 1. The Labute approximate surface area is 176 Å². The summed E-state index contributed by atoms with van der Waals surface area (Å²) in [5.41, 5.74) is -0.868. The summed E-state index contributed by atoms with van der Waals surface area (Å²) in [6.07, 6.45) is 5.92. The van der Waals surface area contributed by atoms with E-state index >= 15 is 0 Å². The second kappa shape index (κ2) is 6.67. The van der Waals surface area contributed by atoms with Gasteiger partial charge in [-0.15, -0.1) is 0 Å². The molecule has 4 aliphatic rings. The largest absolute Gasteiger partial charge is 0.460 e. The summed E-state index contributed by atoms with van der Waals surface area (Å²) in [6, 6.07) is 0.238. The molecule has 2 saturated heterocycles. The third kappa shape index (κ3) is 2.79. The topological polar surface area (TPSA) is 48.0 Å². The first kappa shape index (κ1) is 21.6. The van der Waals surface area contributed by atoms with E-state index in [1.165, 1.54) is 12.8 Å².